The van der Waals surface area contributed by atoms with Crippen molar-refractivity contribution in [2.24, 2.45) is 0 Å². The van der Waals surface area contributed by atoms with Crippen molar-refractivity contribution in [3.63, 3.8) is 0 Å². The standard InChI is InChI=1S/C23H19ClF2N6O/c1-12(2)16-9-18(20(26)10-17(16)15-4-3-13(25)7-21(15)27)23(33)31-14-8-19(24)22(28-11-14)32-29-5-6-30-32/h3-12H,27H2,1-2H3,(H,31,33). The maximum Gasteiger partial charge on any atom is 0.258 e. The fourth-order valence-electron chi connectivity index (χ4n) is 3.42. The number of anilines is 2. The second-order valence-electron chi connectivity index (χ2n) is 7.61. The number of nitrogen functional groups attached to an aromatic ring is 1. The molecule has 3 N–H and O–H groups in total. The number of nitrogens with one attached hydrogen (secondary N) is 1. The highest BCUT2D eigenvalue weighted by atomic mass is 35.5. The van der Waals surface area contributed by atoms with Crippen molar-refractivity contribution >= 4 is 28.9 Å². The topological polar surface area (TPSA) is 98.7 Å². The van der Waals surface area contributed by atoms with Crippen LogP contribution in [0.3, 0.4) is 0 Å². The number of pyridine rings is 1. The zero-order chi connectivity index (χ0) is 23.7. The summed E-state index contributed by atoms with van der Waals surface area (Å²) >= 11 is 6.24. The molecule has 168 valence electrons. The lowest BCUT2D eigenvalue weighted by Crippen LogP contribution is -2.15. The molecule has 2 aromatic heterocycles. The van der Waals surface area contributed by atoms with Gasteiger partial charge in [-0.25, -0.2) is 13.8 Å². The Balaban J connectivity index is 1.67. The maximum atomic E-state index is 15.0. The predicted octanol–water partition coefficient (Wildman–Crippen LogP) is 5.22. The lowest BCUT2D eigenvalue weighted by molar-refractivity contribution is 0.102. The second kappa shape index (κ2) is 8.95. The molecule has 4 rings (SSSR count). The number of benzene rings is 2. The summed E-state index contributed by atoms with van der Waals surface area (Å²) < 4.78 is 28.5. The first-order valence-electron chi connectivity index (χ1n) is 9.97. The van der Waals surface area contributed by atoms with Gasteiger partial charge in [0.05, 0.1) is 34.9 Å². The molecule has 0 saturated heterocycles. The molecule has 0 aliphatic heterocycles. The van der Waals surface area contributed by atoms with Crippen molar-refractivity contribution < 1.29 is 13.6 Å². The van der Waals surface area contributed by atoms with Crippen molar-refractivity contribution in [2.75, 3.05) is 11.1 Å². The number of hydrogen-bond donors (Lipinski definition) is 2. The van der Waals surface area contributed by atoms with Crippen LogP contribution in [0.15, 0.2) is 55.0 Å². The molecule has 2 heterocycles. The van der Waals surface area contributed by atoms with Crippen LogP contribution in [-0.2, 0) is 0 Å². The zero-order valence-electron chi connectivity index (χ0n) is 17.7. The Morgan fingerprint density at radius 1 is 1.09 bits per heavy atom. The monoisotopic (exact) mass is 468 g/mol. The summed E-state index contributed by atoms with van der Waals surface area (Å²) in [7, 11) is 0. The van der Waals surface area contributed by atoms with Gasteiger partial charge >= 0.3 is 0 Å². The number of carbonyl (C=O) groups is 1. The first-order valence-corrected chi connectivity index (χ1v) is 10.3. The molecule has 10 heteroatoms. The number of amides is 1. The largest absolute Gasteiger partial charge is 0.398 e. The Bertz CT molecular complexity index is 1340. The highest BCUT2D eigenvalue weighted by Crippen LogP contribution is 2.35. The molecular weight excluding hydrogens is 450 g/mol. The van der Waals surface area contributed by atoms with Crippen LogP contribution in [0.5, 0.6) is 0 Å². The summed E-state index contributed by atoms with van der Waals surface area (Å²) in [6.45, 7) is 3.81. The van der Waals surface area contributed by atoms with Crippen LogP contribution in [0.4, 0.5) is 20.2 Å². The molecule has 2 aromatic carbocycles. The number of carbonyl (C=O) groups excluding carboxylic acids is 1. The van der Waals surface area contributed by atoms with E-state index in [4.69, 9.17) is 17.3 Å². The minimum Gasteiger partial charge on any atom is -0.398 e. The molecule has 0 radical (unpaired) electrons. The molecule has 0 fully saturated rings. The molecule has 1 amide bonds. The van der Waals surface area contributed by atoms with Gasteiger partial charge in [-0.05, 0) is 53.4 Å². The number of nitrogens with zero attached hydrogens (tertiary/aromatic N) is 4. The average Bonchev–Trinajstić information content (AvgIpc) is 3.28. The van der Waals surface area contributed by atoms with Gasteiger partial charge < -0.3 is 11.1 Å². The van der Waals surface area contributed by atoms with E-state index in [0.717, 1.165) is 0 Å². The second-order valence-corrected chi connectivity index (χ2v) is 8.01. The van der Waals surface area contributed by atoms with E-state index < -0.39 is 17.5 Å². The Morgan fingerprint density at radius 2 is 1.82 bits per heavy atom. The third kappa shape index (κ3) is 4.54. The summed E-state index contributed by atoms with van der Waals surface area (Å²) in [6, 6.07) is 8.12. The fraction of sp³-hybridized carbons (Fsp3) is 0.130. The molecule has 0 atom stereocenters. The first kappa shape index (κ1) is 22.3. The van der Waals surface area contributed by atoms with Gasteiger partial charge in [0.15, 0.2) is 5.82 Å². The van der Waals surface area contributed by atoms with E-state index in [1.165, 1.54) is 59.8 Å². The lowest BCUT2D eigenvalue weighted by atomic mass is 9.89. The van der Waals surface area contributed by atoms with Crippen molar-refractivity contribution in [3.8, 4) is 16.9 Å². The van der Waals surface area contributed by atoms with Gasteiger partial charge in [-0.3, -0.25) is 4.79 Å². The number of nitrogens with two attached hydrogens (primary N) is 1. The normalized spacial score (nSPS) is 11.1. The van der Waals surface area contributed by atoms with Crippen molar-refractivity contribution in [1.82, 2.24) is 20.0 Å². The summed E-state index contributed by atoms with van der Waals surface area (Å²) in [5, 5.41) is 10.7. The number of rotatable bonds is 5. The van der Waals surface area contributed by atoms with E-state index in [9.17, 15) is 9.18 Å². The maximum absolute atomic E-state index is 15.0. The molecule has 0 saturated carbocycles. The van der Waals surface area contributed by atoms with Crippen LogP contribution in [0.1, 0.15) is 35.7 Å². The summed E-state index contributed by atoms with van der Waals surface area (Å²) in [5.74, 6) is -1.67. The van der Waals surface area contributed by atoms with E-state index in [0.29, 0.717) is 16.7 Å². The zero-order valence-corrected chi connectivity index (χ0v) is 18.4. The third-order valence-electron chi connectivity index (χ3n) is 5.00. The minimum atomic E-state index is -0.743. The Labute approximate surface area is 193 Å². The van der Waals surface area contributed by atoms with Crippen LogP contribution in [0.2, 0.25) is 5.02 Å². The summed E-state index contributed by atoms with van der Waals surface area (Å²) in [6.07, 6.45) is 4.33. The molecule has 7 nitrogen and oxygen atoms in total. The number of aromatic nitrogens is 4. The van der Waals surface area contributed by atoms with Crippen LogP contribution < -0.4 is 11.1 Å². The molecular formula is C23H19ClF2N6O. The number of hydrogen-bond acceptors (Lipinski definition) is 5. The lowest BCUT2D eigenvalue weighted by Gasteiger charge is -2.17. The molecule has 0 bridgehead atoms. The first-order chi connectivity index (χ1) is 15.7. The molecule has 33 heavy (non-hydrogen) atoms. The van der Waals surface area contributed by atoms with Crippen LogP contribution >= 0.6 is 11.6 Å². The minimum absolute atomic E-state index is 0.0615. The average molecular weight is 469 g/mol. The quantitative estimate of drug-likeness (QED) is 0.391. The fourth-order valence-corrected chi connectivity index (χ4v) is 3.67. The highest BCUT2D eigenvalue weighted by Gasteiger charge is 2.20. The molecule has 0 aliphatic carbocycles. The van der Waals surface area contributed by atoms with E-state index in [2.05, 4.69) is 20.5 Å². The van der Waals surface area contributed by atoms with Gasteiger partial charge in [0, 0.05) is 11.3 Å². The van der Waals surface area contributed by atoms with E-state index in [1.54, 1.807) is 0 Å². The van der Waals surface area contributed by atoms with E-state index in [-0.39, 0.29) is 33.7 Å². The Kier molecular flexibility index (Phi) is 6.06. The Morgan fingerprint density at radius 3 is 2.45 bits per heavy atom. The van der Waals surface area contributed by atoms with Crippen molar-refractivity contribution in [3.05, 3.63) is 82.8 Å². The van der Waals surface area contributed by atoms with Crippen molar-refractivity contribution in [2.45, 2.75) is 19.8 Å². The number of halogens is 3. The van der Waals surface area contributed by atoms with Gasteiger partial charge in [-0.1, -0.05) is 25.4 Å². The summed E-state index contributed by atoms with van der Waals surface area (Å²) in [5.41, 5.74) is 7.94. The smallest absolute Gasteiger partial charge is 0.258 e. The van der Waals surface area contributed by atoms with E-state index >= 15 is 4.39 Å². The van der Waals surface area contributed by atoms with Gasteiger partial charge in [-0.15, -0.1) is 4.80 Å². The molecule has 4 aromatic rings. The van der Waals surface area contributed by atoms with Crippen LogP contribution in [0.25, 0.3) is 16.9 Å². The van der Waals surface area contributed by atoms with Crippen LogP contribution in [0, 0.1) is 11.6 Å². The highest BCUT2D eigenvalue weighted by molar-refractivity contribution is 6.32. The van der Waals surface area contributed by atoms with Gasteiger partial charge in [-0.2, -0.15) is 10.2 Å². The predicted molar refractivity (Wildman–Crippen MR) is 122 cm³/mol. The van der Waals surface area contributed by atoms with Gasteiger partial charge in [0.2, 0.25) is 0 Å². The summed E-state index contributed by atoms with van der Waals surface area (Å²) in [4.78, 5) is 18.3. The van der Waals surface area contributed by atoms with Gasteiger partial charge in [0.25, 0.3) is 5.91 Å². The van der Waals surface area contributed by atoms with E-state index in [1.807, 2.05) is 13.8 Å². The Hall–Kier alpha value is -3.85. The molecule has 0 spiro atoms. The van der Waals surface area contributed by atoms with Gasteiger partial charge in [0.1, 0.15) is 11.6 Å². The third-order valence-corrected chi connectivity index (χ3v) is 5.28. The van der Waals surface area contributed by atoms with Crippen molar-refractivity contribution in [1.29, 1.82) is 0 Å². The SMILES string of the molecule is CC(C)c1cc(C(=O)Nc2cnc(-n3nccn3)c(Cl)c2)c(F)cc1-c1ccc(F)cc1N. The molecule has 0 unspecified atom stereocenters. The molecule has 0 aliphatic rings. The van der Waals surface area contributed by atoms with Crippen LogP contribution in [-0.4, -0.2) is 25.9 Å².